The SMILES string of the molecule is [F-].[F-].[F-].[F-].[F-].[F-].[Zn+2].[Zn+2].[Zn+2]. The van der Waals surface area contributed by atoms with E-state index in [2.05, 4.69) is 0 Å². The number of halogens is 6. The fourth-order valence-electron chi connectivity index (χ4n) is 0. The molecule has 0 unspecified atom stereocenters. The smallest absolute Gasteiger partial charge is 1.00 e. The van der Waals surface area contributed by atoms with Crippen LogP contribution >= 0.6 is 0 Å². The second-order valence-electron chi connectivity index (χ2n) is 0. The van der Waals surface area contributed by atoms with Gasteiger partial charge in [-0.25, -0.2) is 0 Å². The van der Waals surface area contributed by atoms with Gasteiger partial charge in [0.25, 0.3) is 0 Å². The van der Waals surface area contributed by atoms with Crippen molar-refractivity contribution in [3.63, 3.8) is 0 Å². The van der Waals surface area contributed by atoms with Gasteiger partial charge in [-0.15, -0.1) is 0 Å². The molecule has 0 amide bonds. The Morgan fingerprint density at radius 3 is 0.222 bits per heavy atom. The minimum atomic E-state index is 0. The third kappa shape index (κ3) is 249. The summed E-state index contributed by atoms with van der Waals surface area (Å²) in [6, 6.07) is 0. The molecule has 0 aromatic rings. The van der Waals surface area contributed by atoms with E-state index in [9.17, 15) is 0 Å². The Kier molecular flexibility index (Phi) is 15800. The third-order valence-corrected chi connectivity index (χ3v) is 0. The molecular weight excluding hydrogens is 310 g/mol. The average molecular weight is 310 g/mol. The number of rotatable bonds is 0. The van der Waals surface area contributed by atoms with Gasteiger partial charge in [-0.1, -0.05) is 0 Å². The minimum Gasteiger partial charge on any atom is -1.00 e. The normalized spacial score (nSPS) is 0. The predicted octanol–water partition coefficient (Wildman–Crippen LogP) is -18.0. The minimum absolute atomic E-state index is 0. The Balaban J connectivity index is 0. The van der Waals surface area contributed by atoms with Crippen LogP contribution in [0.15, 0.2) is 0 Å². The molecule has 0 saturated heterocycles. The maximum Gasteiger partial charge on any atom is 2.00 e. The van der Waals surface area contributed by atoms with Crippen LogP contribution < -0.4 is 28.2 Å². The van der Waals surface area contributed by atoms with Gasteiger partial charge in [-0.3, -0.25) is 0 Å². The summed E-state index contributed by atoms with van der Waals surface area (Å²) in [7, 11) is 0. The first-order valence-corrected chi connectivity index (χ1v) is 0. The van der Waals surface area contributed by atoms with Crippen LogP contribution in [0.3, 0.4) is 0 Å². The summed E-state index contributed by atoms with van der Waals surface area (Å²) in [5.41, 5.74) is 0. The molecule has 0 spiro atoms. The van der Waals surface area contributed by atoms with Crippen LogP contribution in [0.4, 0.5) is 0 Å². The topological polar surface area (TPSA) is 0 Å². The zero-order valence-corrected chi connectivity index (χ0v) is 13.3. The summed E-state index contributed by atoms with van der Waals surface area (Å²) >= 11 is 0. The van der Waals surface area contributed by atoms with Crippen LogP contribution in [-0.4, -0.2) is 0 Å². The summed E-state index contributed by atoms with van der Waals surface area (Å²) in [6.45, 7) is 0. The van der Waals surface area contributed by atoms with Gasteiger partial charge in [0, 0.05) is 0 Å². The molecule has 0 aliphatic heterocycles. The molecule has 0 nitrogen and oxygen atoms in total. The van der Waals surface area contributed by atoms with E-state index in [1.54, 1.807) is 0 Å². The Morgan fingerprint density at radius 2 is 0.222 bits per heavy atom. The first-order valence-electron chi connectivity index (χ1n) is 0. The van der Waals surface area contributed by atoms with E-state index in [0.717, 1.165) is 0 Å². The average Bonchev–Trinajstić information content (AvgIpc) is 0. The van der Waals surface area contributed by atoms with Gasteiger partial charge in [0.2, 0.25) is 0 Å². The van der Waals surface area contributed by atoms with Crippen LogP contribution in [0.1, 0.15) is 0 Å². The van der Waals surface area contributed by atoms with Crippen molar-refractivity contribution in [3.8, 4) is 0 Å². The molecule has 0 atom stereocenters. The fraction of sp³-hybridized carbons (Fsp3) is 0. The van der Waals surface area contributed by atoms with E-state index < -0.39 is 0 Å². The Morgan fingerprint density at radius 1 is 0.222 bits per heavy atom. The van der Waals surface area contributed by atoms with Gasteiger partial charge in [0.15, 0.2) is 0 Å². The second-order valence-corrected chi connectivity index (χ2v) is 0. The number of hydrogen-bond donors (Lipinski definition) is 0. The molecule has 9 heavy (non-hydrogen) atoms. The van der Waals surface area contributed by atoms with E-state index in [-0.39, 0.29) is 86.7 Å². The van der Waals surface area contributed by atoms with Crippen LogP contribution in [0.5, 0.6) is 0 Å². The Labute approximate surface area is 86.4 Å². The predicted molar refractivity (Wildman–Crippen MR) is 0 cm³/mol. The zero-order chi connectivity index (χ0) is 0. The summed E-state index contributed by atoms with van der Waals surface area (Å²) in [4.78, 5) is 0. The van der Waals surface area contributed by atoms with Crippen LogP contribution in [0.25, 0.3) is 0 Å². The van der Waals surface area contributed by atoms with E-state index >= 15 is 0 Å². The number of hydrogen-bond acceptors (Lipinski definition) is 0. The van der Waals surface area contributed by atoms with Gasteiger partial charge < -0.3 is 28.2 Å². The Hall–Kier alpha value is 1.45. The van der Waals surface area contributed by atoms with Crippen molar-refractivity contribution < 1.29 is 86.7 Å². The summed E-state index contributed by atoms with van der Waals surface area (Å²) < 4.78 is 0. The molecule has 0 aromatic carbocycles. The molecule has 0 fully saturated rings. The van der Waals surface area contributed by atoms with Crippen molar-refractivity contribution in [1.29, 1.82) is 0 Å². The van der Waals surface area contributed by atoms with Crippen LogP contribution in [0, 0.1) is 0 Å². The largest absolute Gasteiger partial charge is 2.00 e. The quantitative estimate of drug-likeness (QED) is 0.308. The standard InChI is InChI=1S/6FH.3Zn/h6*1H;;;/q;;;;;;3*+2/p-6. The van der Waals surface area contributed by atoms with Crippen molar-refractivity contribution in [3.05, 3.63) is 0 Å². The molecule has 0 bridgehead atoms. The van der Waals surface area contributed by atoms with Crippen molar-refractivity contribution in [2.24, 2.45) is 0 Å². The van der Waals surface area contributed by atoms with Crippen molar-refractivity contribution >= 4 is 0 Å². The van der Waals surface area contributed by atoms with Crippen molar-refractivity contribution in [1.82, 2.24) is 0 Å². The molecule has 9 heteroatoms. The first-order chi connectivity index (χ1) is 0. The van der Waals surface area contributed by atoms with E-state index in [0.29, 0.717) is 0 Å². The van der Waals surface area contributed by atoms with Crippen molar-refractivity contribution in [2.75, 3.05) is 0 Å². The summed E-state index contributed by atoms with van der Waals surface area (Å²) in [5.74, 6) is 0. The molecule has 0 rings (SSSR count). The monoisotopic (exact) mass is 306 g/mol. The van der Waals surface area contributed by atoms with Gasteiger partial charge in [0.05, 0.1) is 0 Å². The molecule has 0 heterocycles. The molecule has 0 saturated carbocycles. The summed E-state index contributed by atoms with van der Waals surface area (Å²) in [5, 5.41) is 0. The van der Waals surface area contributed by atoms with Crippen LogP contribution in [-0.2, 0) is 58.4 Å². The maximum absolute atomic E-state index is 0. The molecule has 0 aliphatic rings. The second kappa shape index (κ2) is 321. The molecule has 0 N–H and O–H groups in total. The molecule has 48 valence electrons. The fourth-order valence-corrected chi connectivity index (χ4v) is 0. The van der Waals surface area contributed by atoms with Crippen molar-refractivity contribution in [2.45, 2.75) is 0 Å². The zero-order valence-electron chi connectivity index (χ0n) is 4.39. The third-order valence-electron chi connectivity index (χ3n) is 0. The van der Waals surface area contributed by atoms with Gasteiger partial charge in [0.1, 0.15) is 0 Å². The molecule has 0 radical (unpaired) electrons. The van der Waals surface area contributed by atoms with E-state index in [1.165, 1.54) is 0 Å². The summed E-state index contributed by atoms with van der Waals surface area (Å²) in [6.07, 6.45) is 0. The van der Waals surface area contributed by atoms with Gasteiger partial charge in [-0.05, 0) is 0 Å². The first kappa shape index (κ1) is 444. The van der Waals surface area contributed by atoms with Crippen LogP contribution in [0.2, 0.25) is 0 Å². The molecule has 0 aliphatic carbocycles. The van der Waals surface area contributed by atoms with Gasteiger partial charge >= 0.3 is 58.4 Å². The Bertz CT molecular complexity index is 8.26. The van der Waals surface area contributed by atoms with Gasteiger partial charge in [-0.2, -0.15) is 0 Å². The van der Waals surface area contributed by atoms with E-state index in [1.807, 2.05) is 0 Å². The maximum atomic E-state index is 0. The van der Waals surface area contributed by atoms with E-state index in [4.69, 9.17) is 0 Å². The molecule has 0 aromatic heterocycles. The molecular formula is F6Zn3.